The SMILES string of the molecule is CN1CCc2c(N)ccc(-c3ccc(N(C)C)cc3)c2C1. The molecule has 1 aliphatic heterocycles. The maximum absolute atomic E-state index is 6.17. The molecule has 0 atom stereocenters. The van der Waals surface area contributed by atoms with Crippen molar-refractivity contribution in [2.45, 2.75) is 13.0 Å². The van der Waals surface area contributed by atoms with Crippen LogP contribution in [0.1, 0.15) is 11.1 Å². The lowest BCUT2D eigenvalue weighted by Gasteiger charge is -2.28. The molecule has 2 aromatic carbocycles. The molecule has 0 aliphatic carbocycles. The van der Waals surface area contributed by atoms with E-state index in [1.807, 2.05) is 0 Å². The number of rotatable bonds is 2. The van der Waals surface area contributed by atoms with Gasteiger partial charge in [-0.1, -0.05) is 18.2 Å². The Morgan fingerprint density at radius 1 is 1.00 bits per heavy atom. The highest BCUT2D eigenvalue weighted by molar-refractivity contribution is 5.74. The molecule has 0 unspecified atom stereocenters. The Morgan fingerprint density at radius 3 is 2.38 bits per heavy atom. The molecule has 0 saturated carbocycles. The predicted octanol–water partition coefficient (Wildman–Crippen LogP) is 2.99. The van der Waals surface area contributed by atoms with E-state index in [9.17, 15) is 0 Å². The summed E-state index contributed by atoms with van der Waals surface area (Å²) in [5.41, 5.74) is 13.6. The van der Waals surface area contributed by atoms with E-state index in [1.54, 1.807) is 0 Å². The molecular weight excluding hydrogens is 258 g/mol. The van der Waals surface area contributed by atoms with Crippen molar-refractivity contribution in [3.8, 4) is 11.1 Å². The molecule has 0 radical (unpaired) electrons. The lowest BCUT2D eigenvalue weighted by molar-refractivity contribution is 0.314. The summed E-state index contributed by atoms with van der Waals surface area (Å²) < 4.78 is 0. The minimum atomic E-state index is 0.937. The van der Waals surface area contributed by atoms with Gasteiger partial charge in [0.1, 0.15) is 0 Å². The molecule has 3 heteroatoms. The number of hydrogen-bond acceptors (Lipinski definition) is 3. The summed E-state index contributed by atoms with van der Waals surface area (Å²) in [6.45, 7) is 2.06. The molecule has 0 aromatic heterocycles. The first-order chi connectivity index (χ1) is 10.1. The van der Waals surface area contributed by atoms with Crippen molar-refractivity contribution in [2.75, 3.05) is 38.3 Å². The highest BCUT2D eigenvalue weighted by Gasteiger charge is 2.19. The van der Waals surface area contributed by atoms with E-state index in [1.165, 1.54) is 27.9 Å². The number of nitrogens with two attached hydrogens (primary N) is 1. The summed E-state index contributed by atoms with van der Waals surface area (Å²) in [5, 5.41) is 0. The minimum Gasteiger partial charge on any atom is -0.398 e. The van der Waals surface area contributed by atoms with E-state index in [-0.39, 0.29) is 0 Å². The summed E-state index contributed by atoms with van der Waals surface area (Å²) in [6.07, 6.45) is 1.04. The van der Waals surface area contributed by atoms with Crippen molar-refractivity contribution >= 4 is 11.4 Å². The van der Waals surface area contributed by atoms with Crippen LogP contribution in [0.2, 0.25) is 0 Å². The number of likely N-dealkylation sites (N-methyl/N-ethyl adjacent to an activating group) is 1. The molecule has 110 valence electrons. The van der Waals surface area contributed by atoms with Crippen LogP contribution in [-0.4, -0.2) is 32.6 Å². The van der Waals surface area contributed by atoms with Crippen LogP contribution in [0.3, 0.4) is 0 Å². The summed E-state index contributed by atoms with van der Waals surface area (Å²) in [5.74, 6) is 0. The van der Waals surface area contributed by atoms with Gasteiger partial charge >= 0.3 is 0 Å². The quantitative estimate of drug-likeness (QED) is 0.859. The monoisotopic (exact) mass is 281 g/mol. The molecular formula is C18H23N3. The second-order valence-corrected chi connectivity index (χ2v) is 6.09. The minimum absolute atomic E-state index is 0.937. The normalized spacial score (nSPS) is 14.8. The van der Waals surface area contributed by atoms with Crippen molar-refractivity contribution in [1.82, 2.24) is 4.90 Å². The van der Waals surface area contributed by atoms with Gasteiger partial charge in [0.2, 0.25) is 0 Å². The van der Waals surface area contributed by atoms with Crippen LogP contribution >= 0.6 is 0 Å². The van der Waals surface area contributed by atoms with Crippen molar-refractivity contribution in [2.24, 2.45) is 0 Å². The smallest absolute Gasteiger partial charge is 0.0361 e. The van der Waals surface area contributed by atoms with Crippen LogP contribution in [-0.2, 0) is 13.0 Å². The van der Waals surface area contributed by atoms with Gasteiger partial charge in [-0.15, -0.1) is 0 Å². The van der Waals surface area contributed by atoms with E-state index < -0.39 is 0 Å². The molecule has 2 N–H and O–H groups in total. The third-order valence-electron chi connectivity index (χ3n) is 4.33. The van der Waals surface area contributed by atoms with E-state index in [0.29, 0.717) is 0 Å². The van der Waals surface area contributed by atoms with Crippen LogP contribution in [0, 0.1) is 0 Å². The van der Waals surface area contributed by atoms with Gasteiger partial charge in [-0.25, -0.2) is 0 Å². The Morgan fingerprint density at radius 2 is 1.71 bits per heavy atom. The maximum atomic E-state index is 6.17. The number of benzene rings is 2. The zero-order valence-electron chi connectivity index (χ0n) is 13.1. The second kappa shape index (κ2) is 5.41. The van der Waals surface area contributed by atoms with Gasteiger partial charge in [0.15, 0.2) is 0 Å². The molecule has 1 aliphatic rings. The van der Waals surface area contributed by atoms with Gasteiger partial charge in [0, 0.05) is 38.6 Å². The fraction of sp³-hybridized carbons (Fsp3) is 0.333. The van der Waals surface area contributed by atoms with Crippen molar-refractivity contribution in [1.29, 1.82) is 0 Å². The predicted molar refractivity (Wildman–Crippen MR) is 90.7 cm³/mol. The van der Waals surface area contributed by atoms with E-state index in [2.05, 4.69) is 67.3 Å². The highest BCUT2D eigenvalue weighted by atomic mass is 15.1. The van der Waals surface area contributed by atoms with E-state index >= 15 is 0 Å². The third kappa shape index (κ3) is 2.61. The standard InChI is InChI=1S/C18H23N3/c1-20(2)14-6-4-13(5-7-14)15-8-9-18(19)16-10-11-21(3)12-17(15)16/h4-9H,10-12,19H2,1-3H3. The summed E-state index contributed by atoms with van der Waals surface area (Å²) >= 11 is 0. The zero-order chi connectivity index (χ0) is 15.0. The van der Waals surface area contributed by atoms with Crippen LogP contribution in [0.15, 0.2) is 36.4 Å². The lowest BCUT2D eigenvalue weighted by Crippen LogP contribution is -2.27. The van der Waals surface area contributed by atoms with E-state index in [0.717, 1.165) is 25.2 Å². The third-order valence-corrected chi connectivity index (χ3v) is 4.33. The topological polar surface area (TPSA) is 32.5 Å². The fourth-order valence-electron chi connectivity index (χ4n) is 3.05. The Balaban J connectivity index is 2.06. The molecule has 2 aromatic rings. The molecule has 3 nitrogen and oxygen atoms in total. The molecule has 1 heterocycles. The lowest BCUT2D eigenvalue weighted by atomic mass is 9.90. The molecule has 3 rings (SSSR count). The summed E-state index contributed by atoms with van der Waals surface area (Å²) in [6, 6.07) is 13.0. The van der Waals surface area contributed by atoms with Crippen LogP contribution in [0.25, 0.3) is 11.1 Å². The first-order valence-electron chi connectivity index (χ1n) is 7.43. The first-order valence-corrected chi connectivity index (χ1v) is 7.43. The summed E-state index contributed by atoms with van der Waals surface area (Å²) in [4.78, 5) is 4.48. The average molecular weight is 281 g/mol. The number of nitrogen functional groups attached to an aromatic ring is 1. The Labute approximate surface area is 127 Å². The number of fused-ring (bicyclic) bond motifs is 1. The molecule has 0 spiro atoms. The van der Waals surface area contributed by atoms with Crippen LogP contribution < -0.4 is 10.6 Å². The largest absolute Gasteiger partial charge is 0.398 e. The van der Waals surface area contributed by atoms with Crippen LogP contribution in [0.5, 0.6) is 0 Å². The van der Waals surface area contributed by atoms with Gasteiger partial charge < -0.3 is 15.5 Å². The Kier molecular flexibility index (Phi) is 3.60. The molecule has 0 amide bonds. The number of hydrogen-bond donors (Lipinski definition) is 1. The Hall–Kier alpha value is -2.00. The van der Waals surface area contributed by atoms with Crippen molar-refractivity contribution in [3.63, 3.8) is 0 Å². The maximum Gasteiger partial charge on any atom is 0.0361 e. The highest BCUT2D eigenvalue weighted by Crippen LogP contribution is 2.34. The van der Waals surface area contributed by atoms with Crippen molar-refractivity contribution < 1.29 is 0 Å². The van der Waals surface area contributed by atoms with Crippen LogP contribution in [0.4, 0.5) is 11.4 Å². The van der Waals surface area contributed by atoms with Gasteiger partial charge in [-0.3, -0.25) is 0 Å². The number of nitrogens with zero attached hydrogens (tertiary/aromatic N) is 2. The molecule has 21 heavy (non-hydrogen) atoms. The zero-order valence-corrected chi connectivity index (χ0v) is 13.1. The van der Waals surface area contributed by atoms with E-state index in [4.69, 9.17) is 5.73 Å². The molecule has 0 saturated heterocycles. The second-order valence-electron chi connectivity index (χ2n) is 6.09. The first kappa shape index (κ1) is 14.0. The Bertz CT molecular complexity index is 644. The van der Waals surface area contributed by atoms with Gasteiger partial charge in [-0.2, -0.15) is 0 Å². The van der Waals surface area contributed by atoms with Crippen molar-refractivity contribution in [3.05, 3.63) is 47.5 Å². The van der Waals surface area contributed by atoms with Gasteiger partial charge in [0.05, 0.1) is 0 Å². The average Bonchev–Trinajstić information content (AvgIpc) is 2.47. The fourth-order valence-corrected chi connectivity index (χ4v) is 3.05. The molecule has 0 bridgehead atoms. The van der Waals surface area contributed by atoms with Gasteiger partial charge in [0.25, 0.3) is 0 Å². The molecule has 0 fully saturated rings. The number of anilines is 2. The summed E-state index contributed by atoms with van der Waals surface area (Å²) in [7, 11) is 6.30. The van der Waals surface area contributed by atoms with Gasteiger partial charge in [-0.05, 0) is 53.9 Å².